The van der Waals surface area contributed by atoms with Gasteiger partial charge in [0.25, 0.3) is 0 Å². The monoisotopic (exact) mass is 282 g/mol. The van der Waals surface area contributed by atoms with Gasteiger partial charge in [-0.2, -0.15) is 4.31 Å². The topological polar surface area (TPSA) is 72.6 Å². The number of nitrogens with two attached hydrogens (primary N) is 1. The predicted molar refractivity (Wildman–Crippen MR) is 71.4 cm³/mol. The number of benzene rings is 1. The number of morpholine rings is 1. The molecule has 19 heavy (non-hydrogen) atoms. The van der Waals surface area contributed by atoms with Crippen molar-refractivity contribution in [2.45, 2.75) is 23.8 Å². The molecule has 1 saturated heterocycles. The Morgan fingerprint density at radius 3 is 2.58 bits per heavy atom. The second-order valence-corrected chi connectivity index (χ2v) is 7.05. The van der Waals surface area contributed by atoms with Gasteiger partial charge in [0.15, 0.2) is 0 Å². The molecule has 1 atom stereocenters. The third kappa shape index (κ3) is 2.41. The molecule has 0 bridgehead atoms. The van der Waals surface area contributed by atoms with Gasteiger partial charge >= 0.3 is 0 Å². The molecule has 2 N–H and O–H groups in total. The summed E-state index contributed by atoms with van der Waals surface area (Å²) in [6.07, 6.45) is 1.61. The fraction of sp³-hybridized carbons (Fsp3) is 0.538. The lowest BCUT2D eigenvalue weighted by Gasteiger charge is -2.26. The van der Waals surface area contributed by atoms with Crippen LogP contribution in [0.3, 0.4) is 0 Å². The van der Waals surface area contributed by atoms with Gasteiger partial charge in [0, 0.05) is 19.1 Å². The van der Waals surface area contributed by atoms with Gasteiger partial charge in [-0.3, -0.25) is 0 Å². The standard InChI is InChI=1S/C13H18N2O3S/c14-12-7-10-1-2-13(9-11(10)8-12)19(16,17)15-3-5-18-6-4-15/h1-2,9,12H,3-8,14H2. The summed E-state index contributed by atoms with van der Waals surface area (Å²) in [5.74, 6) is 0. The van der Waals surface area contributed by atoms with E-state index in [0.717, 1.165) is 18.4 Å². The zero-order valence-electron chi connectivity index (χ0n) is 10.7. The highest BCUT2D eigenvalue weighted by atomic mass is 32.2. The van der Waals surface area contributed by atoms with E-state index in [1.54, 1.807) is 12.1 Å². The SMILES string of the molecule is NC1Cc2ccc(S(=O)(=O)N3CCOCC3)cc2C1. The molecule has 1 fully saturated rings. The minimum absolute atomic E-state index is 0.122. The minimum Gasteiger partial charge on any atom is -0.379 e. The molecular formula is C13H18N2O3S. The van der Waals surface area contributed by atoms with Gasteiger partial charge in [-0.25, -0.2) is 8.42 Å². The summed E-state index contributed by atoms with van der Waals surface area (Å²) in [5.41, 5.74) is 8.16. The molecule has 1 aliphatic heterocycles. The molecule has 1 aliphatic carbocycles. The lowest BCUT2D eigenvalue weighted by molar-refractivity contribution is 0.0730. The van der Waals surface area contributed by atoms with Gasteiger partial charge in [0.1, 0.15) is 0 Å². The van der Waals surface area contributed by atoms with Crippen LogP contribution in [0.5, 0.6) is 0 Å². The van der Waals surface area contributed by atoms with Crippen molar-refractivity contribution in [1.29, 1.82) is 0 Å². The molecule has 5 nitrogen and oxygen atoms in total. The molecule has 6 heteroatoms. The Morgan fingerprint density at radius 2 is 1.84 bits per heavy atom. The van der Waals surface area contributed by atoms with Crippen LogP contribution in [0.2, 0.25) is 0 Å². The highest BCUT2D eigenvalue weighted by molar-refractivity contribution is 7.89. The Hall–Kier alpha value is -0.950. The summed E-state index contributed by atoms with van der Waals surface area (Å²) < 4.78 is 31.7. The molecular weight excluding hydrogens is 264 g/mol. The molecule has 0 radical (unpaired) electrons. The molecule has 1 aromatic rings. The van der Waals surface area contributed by atoms with Gasteiger partial charge in [-0.1, -0.05) is 6.07 Å². The zero-order valence-corrected chi connectivity index (χ0v) is 11.5. The second-order valence-electron chi connectivity index (χ2n) is 5.12. The van der Waals surface area contributed by atoms with Gasteiger partial charge in [0.2, 0.25) is 10.0 Å². The first-order chi connectivity index (χ1) is 9.07. The van der Waals surface area contributed by atoms with Gasteiger partial charge in [-0.15, -0.1) is 0 Å². The highest BCUT2D eigenvalue weighted by Gasteiger charge is 2.28. The zero-order chi connectivity index (χ0) is 13.5. The number of nitrogens with zero attached hydrogens (tertiary/aromatic N) is 1. The number of sulfonamides is 1. The Kier molecular flexibility index (Phi) is 3.34. The molecule has 0 amide bonds. The fourth-order valence-electron chi connectivity index (χ4n) is 2.73. The van der Waals surface area contributed by atoms with Crippen LogP contribution in [-0.2, 0) is 27.6 Å². The van der Waals surface area contributed by atoms with Crippen molar-refractivity contribution in [3.63, 3.8) is 0 Å². The molecule has 104 valence electrons. The molecule has 1 unspecified atom stereocenters. The van der Waals surface area contributed by atoms with Crippen molar-refractivity contribution in [2.75, 3.05) is 26.3 Å². The van der Waals surface area contributed by atoms with Gasteiger partial charge in [0.05, 0.1) is 18.1 Å². The smallest absolute Gasteiger partial charge is 0.243 e. The van der Waals surface area contributed by atoms with E-state index in [1.807, 2.05) is 6.07 Å². The number of fused-ring (bicyclic) bond motifs is 1. The maximum absolute atomic E-state index is 12.5. The number of hydrogen-bond acceptors (Lipinski definition) is 4. The van der Waals surface area contributed by atoms with Crippen molar-refractivity contribution in [1.82, 2.24) is 4.31 Å². The minimum atomic E-state index is -3.39. The first-order valence-corrected chi connectivity index (χ1v) is 7.96. The van der Waals surface area contributed by atoms with E-state index < -0.39 is 10.0 Å². The molecule has 0 aromatic heterocycles. The van der Waals surface area contributed by atoms with E-state index in [4.69, 9.17) is 10.5 Å². The molecule has 2 aliphatic rings. The van der Waals surface area contributed by atoms with Crippen molar-refractivity contribution in [3.8, 4) is 0 Å². The van der Waals surface area contributed by atoms with Crippen LogP contribution in [0, 0.1) is 0 Å². The highest BCUT2D eigenvalue weighted by Crippen LogP contribution is 2.26. The maximum Gasteiger partial charge on any atom is 0.243 e. The van der Waals surface area contributed by atoms with Gasteiger partial charge < -0.3 is 10.5 Å². The van der Waals surface area contributed by atoms with Crippen LogP contribution in [0.25, 0.3) is 0 Å². The van der Waals surface area contributed by atoms with Crippen LogP contribution >= 0.6 is 0 Å². The summed E-state index contributed by atoms with van der Waals surface area (Å²) in [6, 6.07) is 5.50. The van der Waals surface area contributed by atoms with Gasteiger partial charge in [-0.05, 0) is 36.1 Å². The Morgan fingerprint density at radius 1 is 1.16 bits per heavy atom. The quantitative estimate of drug-likeness (QED) is 0.837. The predicted octanol–water partition coefficient (Wildman–Crippen LogP) is 0.133. The lowest BCUT2D eigenvalue weighted by Crippen LogP contribution is -2.40. The fourth-order valence-corrected chi connectivity index (χ4v) is 4.18. The van der Waals surface area contributed by atoms with Crippen molar-refractivity contribution in [2.24, 2.45) is 5.73 Å². The van der Waals surface area contributed by atoms with E-state index in [0.29, 0.717) is 31.2 Å². The van der Waals surface area contributed by atoms with Crippen molar-refractivity contribution >= 4 is 10.0 Å². The Labute approximate surface area is 113 Å². The molecule has 1 heterocycles. The summed E-state index contributed by atoms with van der Waals surface area (Å²) in [5, 5.41) is 0. The first kappa shape index (κ1) is 13.1. The van der Waals surface area contributed by atoms with Crippen LogP contribution in [0.1, 0.15) is 11.1 Å². The third-order valence-electron chi connectivity index (χ3n) is 3.75. The maximum atomic E-state index is 12.5. The summed E-state index contributed by atoms with van der Waals surface area (Å²) in [4.78, 5) is 0.377. The summed E-state index contributed by atoms with van der Waals surface area (Å²) in [7, 11) is -3.39. The molecule has 3 rings (SSSR count). The lowest BCUT2D eigenvalue weighted by atomic mass is 10.1. The largest absolute Gasteiger partial charge is 0.379 e. The molecule has 0 spiro atoms. The van der Waals surface area contributed by atoms with Crippen molar-refractivity contribution < 1.29 is 13.2 Å². The summed E-state index contributed by atoms with van der Waals surface area (Å²) >= 11 is 0. The van der Waals surface area contributed by atoms with E-state index in [-0.39, 0.29) is 6.04 Å². The molecule has 1 aromatic carbocycles. The van der Waals surface area contributed by atoms with E-state index in [9.17, 15) is 8.42 Å². The number of hydrogen-bond donors (Lipinski definition) is 1. The Balaban J connectivity index is 1.91. The number of ether oxygens (including phenoxy) is 1. The molecule has 0 saturated carbocycles. The normalized spacial score (nSPS) is 24.4. The van der Waals surface area contributed by atoms with E-state index in [2.05, 4.69) is 0 Å². The van der Waals surface area contributed by atoms with Crippen molar-refractivity contribution in [3.05, 3.63) is 29.3 Å². The van der Waals surface area contributed by atoms with E-state index in [1.165, 1.54) is 9.87 Å². The van der Waals surface area contributed by atoms with Crippen LogP contribution in [-0.4, -0.2) is 45.1 Å². The van der Waals surface area contributed by atoms with Crippen LogP contribution in [0.4, 0.5) is 0 Å². The first-order valence-electron chi connectivity index (χ1n) is 6.52. The van der Waals surface area contributed by atoms with Crippen LogP contribution in [0.15, 0.2) is 23.1 Å². The van der Waals surface area contributed by atoms with E-state index >= 15 is 0 Å². The van der Waals surface area contributed by atoms with Crippen LogP contribution < -0.4 is 5.73 Å². The third-order valence-corrected chi connectivity index (χ3v) is 5.64. The average molecular weight is 282 g/mol. The average Bonchev–Trinajstić information content (AvgIpc) is 2.78. The number of rotatable bonds is 2. The Bertz CT molecular complexity index is 580. The summed E-state index contributed by atoms with van der Waals surface area (Å²) in [6.45, 7) is 1.79. The second kappa shape index (κ2) is 4.86.